The van der Waals surface area contributed by atoms with E-state index in [0.717, 1.165) is 25.7 Å². The van der Waals surface area contributed by atoms with Crippen LogP contribution in [0.3, 0.4) is 0 Å². The van der Waals surface area contributed by atoms with Gasteiger partial charge in [-0.1, -0.05) is 25.1 Å². The maximum Gasteiger partial charge on any atom is 0.522 e. The van der Waals surface area contributed by atoms with Gasteiger partial charge in [-0.15, -0.1) is 13.2 Å². The van der Waals surface area contributed by atoms with Gasteiger partial charge in [-0.3, -0.25) is 9.64 Å². The fourth-order valence-electron chi connectivity index (χ4n) is 2.14. The summed E-state index contributed by atoms with van der Waals surface area (Å²) in [4.78, 5) is 2.20. The molecule has 1 aliphatic carbocycles. The van der Waals surface area contributed by atoms with Gasteiger partial charge in [-0.05, 0) is 12.8 Å². The Morgan fingerprint density at radius 1 is 1.35 bits per heavy atom. The molecule has 1 rings (SSSR count). The molecule has 0 unspecified atom stereocenters. The van der Waals surface area contributed by atoms with E-state index in [9.17, 15) is 13.2 Å². The summed E-state index contributed by atoms with van der Waals surface area (Å²) in [7, 11) is 0. The standard InChI is InChI=1S/C10H17F3N2OS/c11-10(12,13)16-6-5-15(7-9(14)17)8-3-1-2-4-8/h8H,1-7H2,(H2,14,17). The van der Waals surface area contributed by atoms with Crippen molar-refractivity contribution >= 4 is 17.2 Å². The van der Waals surface area contributed by atoms with E-state index in [-0.39, 0.29) is 19.2 Å². The molecule has 0 spiro atoms. The number of halogens is 3. The van der Waals surface area contributed by atoms with E-state index in [1.54, 1.807) is 0 Å². The maximum absolute atomic E-state index is 11.9. The van der Waals surface area contributed by atoms with Crippen LogP contribution in [-0.4, -0.2) is 42.0 Å². The molecule has 7 heteroatoms. The molecule has 0 aromatic rings. The molecule has 0 aromatic carbocycles. The van der Waals surface area contributed by atoms with Crippen molar-refractivity contribution in [2.24, 2.45) is 5.73 Å². The molecule has 2 N–H and O–H groups in total. The fraction of sp³-hybridized carbons (Fsp3) is 0.900. The van der Waals surface area contributed by atoms with E-state index < -0.39 is 6.36 Å². The highest BCUT2D eigenvalue weighted by atomic mass is 32.1. The Bertz CT molecular complexity index is 254. The van der Waals surface area contributed by atoms with Crippen LogP contribution in [0.2, 0.25) is 0 Å². The topological polar surface area (TPSA) is 38.5 Å². The van der Waals surface area contributed by atoms with E-state index >= 15 is 0 Å². The third-order valence-corrected chi connectivity index (χ3v) is 2.97. The second kappa shape index (κ2) is 6.51. The average molecular weight is 270 g/mol. The third-order valence-electron chi connectivity index (χ3n) is 2.84. The van der Waals surface area contributed by atoms with Gasteiger partial charge in [0.1, 0.15) is 0 Å². The molecule has 1 aliphatic rings. The maximum atomic E-state index is 11.9. The number of thiocarbonyl (C=S) groups is 1. The first kappa shape index (κ1) is 14.7. The normalized spacial score (nSPS) is 17.9. The van der Waals surface area contributed by atoms with Crippen LogP contribution in [0.4, 0.5) is 13.2 Å². The van der Waals surface area contributed by atoms with E-state index in [0.29, 0.717) is 11.5 Å². The number of hydrogen-bond acceptors (Lipinski definition) is 3. The summed E-state index contributed by atoms with van der Waals surface area (Å²) in [6, 6.07) is 0.285. The molecule has 0 radical (unpaired) electrons. The number of rotatable bonds is 6. The number of nitrogens with zero attached hydrogens (tertiary/aromatic N) is 1. The second-order valence-electron chi connectivity index (χ2n) is 4.17. The molecule has 0 heterocycles. The molecule has 100 valence electrons. The van der Waals surface area contributed by atoms with Crippen LogP contribution in [0.15, 0.2) is 0 Å². The lowest BCUT2D eigenvalue weighted by molar-refractivity contribution is -0.325. The average Bonchev–Trinajstić information content (AvgIpc) is 2.66. The van der Waals surface area contributed by atoms with Crippen LogP contribution in [0.25, 0.3) is 0 Å². The highest BCUT2D eigenvalue weighted by molar-refractivity contribution is 7.80. The second-order valence-corrected chi connectivity index (χ2v) is 4.69. The van der Waals surface area contributed by atoms with Gasteiger partial charge >= 0.3 is 6.36 Å². The van der Waals surface area contributed by atoms with Crippen molar-refractivity contribution in [1.82, 2.24) is 4.90 Å². The molecule has 0 aromatic heterocycles. The van der Waals surface area contributed by atoms with Crippen LogP contribution in [-0.2, 0) is 4.74 Å². The molecule has 1 saturated carbocycles. The molecule has 0 aliphatic heterocycles. The Labute approximate surface area is 104 Å². The monoisotopic (exact) mass is 270 g/mol. The van der Waals surface area contributed by atoms with Gasteiger partial charge in [0.15, 0.2) is 0 Å². The van der Waals surface area contributed by atoms with E-state index in [4.69, 9.17) is 18.0 Å². The Morgan fingerprint density at radius 2 is 1.94 bits per heavy atom. The van der Waals surface area contributed by atoms with Gasteiger partial charge in [0.2, 0.25) is 0 Å². The summed E-state index contributed by atoms with van der Waals surface area (Å²) in [5, 5.41) is 0. The lowest BCUT2D eigenvalue weighted by Gasteiger charge is -2.28. The minimum absolute atomic E-state index is 0.210. The van der Waals surface area contributed by atoms with Gasteiger partial charge in [0.25, 0.3) is 0 Å². The summed E-state index contributed by atoms with van der Waals surface area (Å²) >= 11 is 4.80. The first-order valence-electron chi connectivity index (χ1n) is 5.61. The predicted octanol–water partition coefficient (Wildman–Crippen LogP) is 2.05. The van der Waals surface area contributed by atoms with Crippen LogP contribution >= 0.6 is 12.2 Å². The molecule has 0 saturated heterocycles. The Morgan fingerprint density at radius 3 is 2.41 bits per heavy atom. The predicted molar refractivity (Wildman–Crippen MR) is 62.6 cm³/mol. The molecule has 0 amide bonds. The SMILES string of the molecule is NC(=S)CN(CCOC(F)(F)F)C1CCCC1. The minimum atomic E-state index is -4.56. The largest absolute Gasteiger partial charge is 0.522 e. The summed E-state index contributed by atoms with van der Waals surface area (Å²) in [6.07, 6.45) is -0.356. The fourth-order valence-corrected chi connectivity index (χ4v) is 2.30. The number of alkyl halides is 3. The third kappa shape index (κ3) is 6.18. The zero-order valence-electron chi connectivity index (χ0n) is 9.50. The number of nitrogens with two attached hydrogens (primary N) is 1. The van der Waals surface area contributed by atoms with E-state index in [1.165, 1.54) is 0 Å². The van der Waals surface area contributed by atoms with Crippen LogP contribution in [0.5, 0.6) is 0 Å². The van der Waals surface area contributed by atoms with Gasteiger partial charge < -0.3 is 5.73 Å². The van der Waals surface area contributed by atoms with Gasteiger partial charge in [0, 0.05) is 19.1 Å². The van der Waals surface area contributed by atoms with Gasteiger partial charge in [-0.25, -0.2) is 0 Å². The Kier molecular flexibility index (Phi) is 5.61. The highest BCUT2D eigenvalue weighted by Gasteiger charge is 2.30. The summed E-state index contributed by atoms with van der Waals surface area (Å²) < 4.78 is 39.3. The first-order chi connectivity index (χ1) is 7.88. The van der Waals surface area contributed by atoms with Crippen molar-refractivity contribution in [3.8, 4) is 0 Å². The molecule has 0 bridgehead atoms. The molecule has 3 nitrogen and oxygen atoms in total. The van der Waals surface area contributed by atoms with Gasteiger partial charge in [0.05, 0.1) is 11.6 Å². The molecular formula is C10H17F3N2OS. The first-order valence-corrected chi connectivity index (χ1v) is 6.02. The zero-order valence-corrected chi connectivity index (χ0v) is 10.3. The zero-order chi connectivity index (χ0) is 12.9. The van der Waals surface area contributed by atoms with E-state index in [2.05, 4.69) is 4.74 Å². The lowest BCUT2D eigenvalue weighted by atomic mass is 10.2. The number of ether oxygens (including phenoxy) is 1. The highest BCUT2D eigenvalue weighted by Crippen LogP contribution is 2.23. The van der Waals surface area contributed by atoms with Crippen molar-refractivity contribution < 1.29 is 17.9 Å². The molecule has 17 heavy (non-hydrogen) atoms. The van der Waals surface area contributed by atoms with E-state index in [1.807, 2.05) is 4.90 Å². The molecule has 1 fully saturated rings. The smallest absolute Gasteiger partial charge is 0.392 e. The summed E-state index contributed by atoms with van der Waals surface area (Å²) in [6.45, 7) is 0.200. The van der Waals surface area contributed by atoms with Crippen LogP contribution in [0, 0.1) is 0 Å². The Balaban J connectivity index is 2.37. The molecule has 0 atom stereocenters. The molecular weight excluding hydrogens is 253 g/mol. The Hall–Kier alpha value is -0.400. The van der Waals surface area contributed by atoms with Crippen molar-refractivity contribution in [2.45, 2.75) is 38.1 Å². The lowest BCUT2D eigenvalue weighted by Crippen LogP contribution is -2.41. The van der Waals surface area contributed by atoms with Crippen molar-refractivity contribution in [3.05, 3.63) is 0 Å². The quantitative estimate of drug-likeness (QED) is 0.750. The van der Waals surface area contributed by atoms with Crippen molar-refractivity contribution in [3.63, 3.8) is 0 Å². The van der Waals surface area contributed by atoms with Crippen LogP contribution in [0.1, 0.15) is 25.7 Å². The summed E-state index contributed by atoms with van der Waals surface area (Å²) in [5.74, 6) is 0. The van der Waals surface area contributed by atoms with Crippen LogP contribution < -0.4 is 5.73 Å². The van der Waals surface area contributed by atoms with Crippen molar-refractivity contribution in [1.29, 1.82) is 0 Å². The number of hydrogen-bond donors (Lipinski definition) is 1. The van der Waals surface area contributed by atoms with Gasteiger partial charge in [-0.2, -0.15) is 0 Å². The minimum Gasteiger partial charge on any atom is -0.392 e. The van der Waals surface area contributed by atoms with Crippen molar-refractivity contribution in [2.75, 3.05) is 19.7 Å². The summed E-state index contributed by atoms with van der Waals surface area (Å²) in [5.41, 5.74) is 5.45.